The van der Waals surface area contributed by atoms with E-state index in [1.165, 1.54) is 32.4 Å². The summed E-state index contributed by atoms with van der Waals surface area (Å²) >= 11 is 6.08. The lowest BCUT2D eigenvalue weighted by Crippen LogP contribution is -2.43. The normalized spacial score (nSPS) is 15.0. The lowest BCUT2D eigenvalue weighted by Gasteiger charge is -2.26. The molecule has 1 fully saturated rings. The van der Waals surface area contributed by atoms with Crippen molar-refractivity contribution in [2.24, 2.45) is 4.99 Å². The van der Waals surface area contributed by atoms with Crippen molar-refractivity contribution in [1.82, 2.24) is 15.5 Å². The number of carbonyl (C=O) groups is 1. The molecule has 1 amide bonds. The molecular formula is C19H31ClIN5O. The van der Waals surface area contributed by atoms with E-state index in [2.05, 4.69) is 25.8 Å². The van der Waals surface area contributed by atoms with E-state index in [0.29, 0.717) is 18.0 Å². The fourth-order valence-corrected chi connectivity index (χ4v) is 3.16. The number of amides is 1. The first-order chi connectivity index (χ1) is 12.6. The first-order valence-corrected chi connectivity index (χ1v) is 9.70. The van der Waals surface area contributed by atoms with Crippen LogP contribution >= 0.6 is 35.6 Å². The van der Waals surface area contributed by atoms with Gasteiger partial charge in [-0.15, -0.1) is 24.0 Å². The molecule has 0 atom stereocenters. The molecule has 0 bridgehead atoms. The third kappa shape index (κ3) is 8.66. The Hall–Kier alpha value is -1.06. The van der Waals surface area contributed by atoms with Gasteiger partial charge >= 0.3 is 0 Å². The molecule has 0 aliphatic carbocycles. The second kappa shape index (κ2) is 13.2. The molecule has 1 aliphatic rings. The molecule has 0 radical (unpaired) electrons. The third-order valence-corrected chi connectivity index (χ3v) is 4.99. The van der Waals surface area contributed by atoms with E-state index in [1.807, 2.05) is 25.1 Å². The summed E-state index contributed by atoms with van der Waals surface area (Å²) in [5, 5.41) is 10.0. The molecule has 0 aromatic heterocycles. The zero-order chi connectivity index (χ0) is 18.8. The van der Waals surface area contributed by atoms with Crippen LogP contribution in [0.1, 0.15) is 31.2 Å². The van der Waals surface area contributed by atoms with Gasteiger partial charge in [0.15, 0.2) is 5.96 Å². The SMILES string of the molecule is CN=C(NCCC(=O)Nc1cccc(Cl)c1C)NCCN1CCCCC1.I. The predicted octanol–water partition coefficient (Wildman–Crippen LogP) is 3.25. The summed E-state index contributed by atoms with van der Waals surface area (Å²) < 4.78 is 0. The van der Waals surface area contributed by atoms with E-state index in [0.717, 1.165) is 30.3 Å². The second-order valence-electron chi connectivity index (χ2n) is 6.54. The molecule has 0 saturated carbocycles. The number of likely N-dealkylation sites (tertiary alicyclic amines) is 1. The van der Waals surface area contributed by atoms with E-state index in [1.54, 1.807) is 7.05 Å². The summed E-state index contributed by atoms with van der Waals surface area (Å²) in [7, 11) is 1.74. The standard InChI is InChI=1S/C19H30ClN5O.HI/c1-15-16(20)7-6-8-17(15)24-18(26)9-10-22-19(21-2)23-11-14-25-12-4-3-5-13-25;/h6-8H,3-5,9-14H2,1-2H3,(H,24,26)(H2,21,22,23);1H. The van der Waals surface area contributed by atoms with Crippen molar-refractivity contribution < 1.29 is 4.79 Å². The summed E-state index contributed by atoms with van der Waals surface area (Å²) in [5.74, 6) is 0.681. The Morgan fingerprint density at radius 1 is 1.19 bits per heavy atom. The van der Waals surface area contributed by atoms with Crippen LogP contribution in [-0.4, -0.2) is 56.5 Å². The molecule has 27 heavy (non-hydrogen) atoms. The number of nitrogens with zero attached hydrogens (tertiary/aromatic N) is 2. The summed E-state index contributed by atoms with van der Waals surface area (Å²) in [6.45, 7) is 6.68. The summed E-state index contributed by atoms with van der Waals surface area (Å²) in [6, 6.07) is 5.50. The Bertz CT molecular complexity index is 620. The Balaban J connectivity index is 0.00000364. The fourth-order valence-electron chi connectivity index (χ4n) is 2.99. The minimum absolute atomic E-state index is 0. The highest BCUT2D eigenvalue weighted by Gasteiger charge is 2.10. The number of nitrogens with one attached hydrogen (secondary N) is 3. The number of rotatable bonds is 7. The van der Waals surface area contributed by atoms with Gasteiger partial charge in [0, 0.05) is 43.8 Å². The fraction of sp³-hybridized carbons (Fsp3) is 0.579. The molecular weight excluding hydrogens is 477 g/mol. The number of anilines is 1. The smallest absolute Gasteiger partial charge is 0.226 e. The van der Waals surface area contributed by atoms with Gasteiger partial charge in [-0.3, -0.25) is 9.79 Å². The topological polar surface area (TPSA) is 68.8 Å². The maximum atomic E-state index is 12.1. The number of piperidine rings is 1. The summed E-state index contributed by atoms with van der Waals surface area (Å²) in [4.78, 5) is 18.8. The average molecular weight is 508 g/mol. The lowest BCUT2D eigenvalue weighted by molar-refractivity contribution is -0.116. The number of hydrogen-bond donors (Lipinski definition) is 3. The predicted molar refractivity (Wildman–Crippen MR) is 125 cm³/mol. The number of benzene rings is 1. The van der Waals surface area contributed by atoms with E-state index >= 15 is 0 Å². The van der Waals surface area contributed by atoms with Crippen LogP contribution in [0.3, 0.4) is 0 Å². The van der Waals surface area contributed by atoms with E-state index < -0.39 is 0 Å². The Morgan fingerprint density at radius 2 is 1.89 bits per heavy atom. The van der Waals surface area contributed by atoms with Crippen LogP contribution in [0.25, 0.3) is 0 Å². The zero-order valence-corrected chi connectivity index (χ0v) is 19.3. The molecule has 1 saturated heterocycles. The van der Waals surface area contributed by atoms with Gasteiger partial charge in [-0.05, 0) is 50.6 Å². The number of halogens is 2. The molecule has 1 aliphatic heterocycles. The van der Waals surface area contributed by atoms with Crippen molar-refractivity contribution in [2.45, 2.75) is 32.6 Å². The van der Waals surface area contributed by atoms with Crippen LogP contribution in [0.5, 0.6) is 0 Å². The molecule has 1 aromatic carbocycles. The zero-order valence-electron chi connectivity index (χ0n) is 16.2. The van der Waals surface area contributed by atoms with Gasteiger partial charge in [0.1, 0.15) is 0 Å². The van der Waals surface area contributed by atoms with Crippen molar-refractivity contribution >= 4 is 53.1 Å². The Labute approximate surface area is 184 Å². The number of carbonyl (C=O) groups excluding carboxylic acids is 1. The maximum absolute atomic E-state index is 12.1. The van der Waals surface area contributed by atoms with Gasteiger partial charge in [-0.2, -0.15) is 0 Å². The molecule has 0 unspecified atom stereocenters. The molecule has 1 aromatic rings. The van der Waals surface area contributed by atoms with Crippen LogP contribution in [-0.2, 0) is 4.79 Å². The van der Waals surface area contributed by atoms with Crippen molar-refractivity contribution in [2.75, 3.05) is 45.1 Å². The van der Waals surface area contributed by atoms with Crippen molar-refractivity contribution in [3.8, 4) is 0 Å². The number of aliphatic imine (C=N–C) groups is 1. The second-order valence-corrected chi connectivity index (χ2v) is 6.95. The summed E-state index contributed by atoms with van der Waals surface area (Å²) in [6.07, 6.45) is 4.31. The van der Waals surface area contributed by atoms with Gasteiger partial charge in [-0.1, -0.05) is 24.1 Å². The molecule has 0 spiro atoms. The van der Waals surface area contributed by atoms with Crippen LogP contribution in [0.15, 0.2) is 23.2 Å². The molecule has 3 N–H and O–H groups in total. The van der Waals surface area contributed by atoms with Crippen LogP contribution in [0.2, 0.25) is 5.02 Å². The highest BCUT2D eigenvalue weighted by Crippen LogP contribution is 2.22. The van der Waals surface area contributed by atoms with Gasteiger partial charge in [0.2, 0.25) is 5.91 Å². The number of hydrogen-bond acceptors (Lipinski definition) is 3. The first kappa shape index (κ1) is 24.0. The Morgan fingerprint density at radius 3 is 2.59 bits per heavy atom. The largest absolute Gasteiger partial charge is 0.356 e. The monoisotopic (exact) mass is 507 g/mol. The van der Waals surface area contributed by atoms with Crippen LogP contribution in [0, 0.1) is 6.92 Å². The van der Waals surface area contributed by atoms with Crippen molar-refractivity contribution in [1.29, 1.82) is 0 Å². The van der Waals surface area contributed by atoms with Crippen molar-refractivity contribution in [3.63, 3.8) is 0 Å². The molecule has 152 valence electrons. The van der Waals surface area contributed by atoms with Gasteiger partial charge in [-0.25, -0.2) is 0 Å². The summed E-state index contributed by atoms with van der Waals surface area (Å²) in [5.41, 5.74) is 1.64. The van der Waals surface area contributed by atoms with E-state index in [-0.39, 0.29) is 29.9 Å². The molecule has 8 heteroatoms. The van der Waals surface area contributed by atoms with E-state index in [4.69, 9.17) is 11.6 Å². The Kier molecular flexibility index (Phi) is 11.7. The highest BCUT2D eigenvalue weighted by molar-refractivity contribution is 14.0. The van der Waals surface area contributed by atoms with Gasteiger partial charge < -0.3 is 20.9 Å². The van der Waals surface area contributed by atoms with Crippen LogP contribution < -0.4 is 16.0 Å². The first-order valence-electron chi connectivity index (χ1n) is 9.32. The maximum Gasteiger partial charge on any atom is 0.226 e. The van der Waals surface area contributed by atoms with Crippen molar-refractivity contribution in [3.05, 3.63) is 28.8 Å². The average Bonchev–Trinajstić information content (AvgIpc) is 2.65. The molecule has 2 rings (SSSR count). The van der Waals surface area contributed by atoms with Gasteiger partial charge in [0.25, 0.3) is 0 Å². The van der Waals surface area contributed by atoms with Gasteiger partial charge in [0.05, 0.1) is 0 Å². The molecule has 6 nitrogen and oxygen atoms in total. The highest BCUT2D eigenvalue weighted by atomic mass is 127. The lowest BCUT2D eigenvalue weighted by atomic mass is 10.1. The third-order valence-electron chi connectivity index (χ3n) is 4.58. The van der Waals surface area contributed by atoms with Crippen LogP contribution in [0.4, 0.5) is 5.69 Å². The minimum Gasteiger partial charge on any atom is -0.356 e. The molecule has 1 heterocycles. The minimum atomic E-state index is -0.0494. The van der Waals surface area contributed by atoms with E-state index in [9.17, 15) is 4.79 Å². The quantitative estimate of drug-likeness (QED) is 0.301. The number of guanidine groups is 1.